The van der Waals surface area contributed by atoms with Gasteiger partial charge in [-0.1, -0.05) is 13.8 Å². The summed E-state index contributed by atoms with van der Waals surface area (Å²) < 4.78 is 38.5. The van der Waals surface area contributed by atoms with Crippen LogP contribution in [0.15, 0.2) is 0 Å². The van der Waals surface area contributed by atoms with Crippen molar-refractivity contribution in [2.24, 2.45) is 5.41 Å². The summed E-state index contributed by atoms with van der Waals surface area (Å²) in [7, 11) is 0. The number of rotatable bonds is 8. The first-order valence-corrected chi connectivity index (χ1v) is 5.41. The van der Waals surface area contributed by atoms with Crippen LogP contribution in [-0.4, -0.2) is 37.8 Å². The Balaban J connectivity index is 3.71. The molecule has 0 aromatic heterocycles. The van der Waals surface area contributed by atoms with Crippen LogP contribution in [-0.2, 0) is 4.74 Å². The maximum Gasteiger partial charge on any atom is 0.522 e. The number of aliphatic hydroxyl groups is 1. The van der Waals surface area contributed by atoms with E-state index in [1.807, 2.05) is 13.8 Å². The SMILES string of the molecule is CCC(CC)(CO)CNCCOC(F)(F)F. The van der Waals surface area contributed by atoms with Crippen molar-refractivity contribution in [3.05, 3.63) is 0 Å². The summed E-state index contributed by atoms with van der Waals surface area (Å²) in [5.41, 5.74) is -0.238. The van der Waals surface area contributed by atoms with E-state index in [2.05, 4.69) is 10.1 Å². The number of aliphatic hydroxyl groups excluding tert-OH is 1. The molecule has 0 unspecified atom stereocenters. The third-order valence-electron chi connectivity index (χ3n) is 2.88. The Labute approximate surface area is 94.0 Å². The van der Waals surface area contributed by atoms with Crippen LogP contribution in [0.2, 0.25) is 0 Å². The van der Waals surface area contributed by atoms with Gasteiger partial charge in [-0.3, -0.25) is 4.74 Å². The molecule has 0 atom stereocenters. The van der Waals surface area contributed by atoms with Crippen LogP contribution in [0.4, 0.5) is 13.2 Å². The van der Waals surface area contributed by atoms with Crippen molar-refractivity contribution in [2.45, 2.75) is 33.1 Å². The average molecular weight is 243 g/mol. The van der Waals surface area contributed by atoms with Crippen LogP contribution in [0.25, 0.3) is 0 Å². The van der Waals surface area contributed by atoms with Crippen molar-refractivity contribution >= 4 is 0 Å². The second-order valence-corrected chi connectivity index (χ2v) is 3.84. The lowest BCUT2D eigenvalue weighted by atomic mass is 9.83. The Bertz CT molecular complexity index is 173. The molecule has 0 aromatic rings. The fourth-order valence-electron chi connectivity index (χ4n) is 1.37. The van der Waals surface area contributed by atoms with Crippen LogP contribution in [0.5, 0.6) is 0 Å². The third kappa shape index (κ3) is 6.30. The smallest absolute Gasteiger partial charge is 0.396 e. The Hall–Kier alpha value is -0.330. The minimum Gasteiger partial charge on any atom is -0.396 e. The van der Waals surface area contributed by atoms with Gasteiger partial charge in [0, 0.05) is 25.1 Å². The molecule has 0 aliphatic heterocycles. The Morgan fingerprint density at radius 3 is 2.12 bits per heavy atom. The van der Waals surface area contributed by atoms with E-state index in [0.717, 1.165) is 12.8 Å². The fraction of sp³-hybridized carbons (Fsp3) is 1.00. The maximum atomic E-state index is 11.6. The summed E-state index contributed by atoms with van der Waals surface area (Å²) in [5.74, 6) is 0. The zero-order valence-corrected chi connectivity index (χ0v) is 9.73. The number of ether oxygens (including phenoxy) is 1. The summed E-state index contributed by atoms with van der Waals surface area (Å²) in [4.78, 5) is 0. The van der Waals surface area contributed by atoms with E-state index in [9.17, 15) is 18.3 Å². The van der Waals surface area contributed by atoms with Gasteiger partial charge in [0.05, 0.1) is 6.61 Å². The minimum absolute atomic E-state index is 0.0348. The van der Waals surface area contributed by atoms with Gasteiger partial charge in [0.2, 0.25) is 0 Å². The van der Waals surface area contributed by atoms with Gasteiger partial charge in [0.15, 0.2) is 0 Å². The number of alkyl halides is 3. The van der Waals surface area contributed by atoms with Gasteiger partial charge >= 0.3 is 6.36 Å². The molecule has 0 saturated carbocycles. The molecule has 0 aliphatic carbocycles. The van der Waals surface area contributed by atoms with Crippen molar-refractivity contribution in [1.29, 1.82) is 0 Å². The largest absolute Gasteiger partial charge is 0.522 e. The van der Waals surface area contributed by atoms with Gasteiger partial charge in [-0.15, -0.1) is 13.2 Å². The lowest BCUT2D eigenvalue weighted by molar-refractivity contribution is -0.323. The van der Waals surface area contributed by atoms with Crippen LogP contribution in [0, 0.1) is 5.41 Å². The van der Waals surface area contributed by atoms with E-state index in [-0.39, 0.29) is 18.6 Å². The molecule has 0 aliphatic rings. The molecule has 0 saturated heterocycles. The molecule has 6 heteroatoms. The van der Waals surface area contributed by atoms with E-state index in [4.69, 9.17) is 0 Å². The molecule has 0 fully saturated rings. The van der Waals surface area contributed by atoms with Crippen LogP contribution in [0.3, 0.4) is 0 Å². The number of hydrogen-bond acceptors (Lipinski definition) is 3. The summed E-state index contributed by atoms with van der Waals surface area (Å²) in [5, 5.41) is 12.1. The second kappa shape index (κ2) is 7.09. The van der Waals surface area contributed by atoms with Gasteiger partial charge < -0.3 is 10.4 Å². The highest BCUT2D eigenvalue weighted by atomic mass is 19.4. The van der Waals surface area contributed by atoms with E-state index < -0.39 is 13.0 Å². The molecular weight excluding hydrogens is 223 g/mol. The molecule has 0 bridgehead atoms. The van der Waals surface area contributed by atoms with Gasteiger partial charge in [0.1, 0.15) is 0 Å². The predicted octanol–water partition coefficient (Wildman–Crippen LogP) is 1.91. The van der Waals surface area contributed by atoms with Gasteiger partial charge in [-0.25, -0.2) is 0 Å². The van der Waals surface area contributed by atoms with Crippen molar-refractivity contribution < 1.29 is 23.0 Å². The highest BCUT2D eigenvalue weighted by Gasteiger charge is 2.29. The third-order valence-corrected chi connectivity index (χ3v) is 2.88. The predicted molar refractivity (Wildman–Crippen MR) is 55.0 cm³/mol. The second-order valence-electron chi connectivity index (χ2n) is 3.84. The first kappa shape index (κ1) is 15.7. The van der Waals surface area contributed by atoms with Crippen molar-refractivity contribution in [3.63, 3.8) is 0 Å². The first-order valence-electron chi connectivity index (χ1n) is 5.41. The van der Waals surface area contributed by atoms with Crippen molar-refractivity contribution in [2.75, 3.05) is 26.3 Å². The quantitative estimate of drug-likeness (QED) is 0.640. The van der Waals surface area contributed by atoms with Gasteiger partial charge in [0.25, 0.3) is 0 Å². The zero-order valence-electron chi connectivity index (χ0n) is 9.73. The van der Waals surface area contributed by atoms with Crippen molar-refractivity contribution in [3.8, 4) is 0 Å². The molecule has 0 spiro atoms. The standard InChI is InChI=1S/C10H20F3NO2/c1-3-9(4-2,8-15)7-14-5-6-16-10(11,12)13/h14-15H,3-8H2,1-2H3. The summed E-state index contributed by atoms with van der Waals surface area (Å²) in [6, 6.07) is 0. The number of nitrogens with one attached hydrogen (secondary N) is 1. The maximum absolute atomic E-state index is 11.6. The molecule has 3 nitrogen and oxygen atoms in total. The highest BCUT2D eigenvalue weighted by molar-refractivity contribution is 4.77. The summed E-state index contributed by atoms with van der Waals surface area (Å²) in [6.07, 6.45) is -2.99. The van der Waals surface area contributed by atoms with Crippen LogP contribution < -0.4 is 5.32 Å². The first-order chi connectivity index (χ1) is 7.39. The monoisotopic (exact) mass is 243 g/mol. The lowest BCUT2D eigenvalue weighted by Gasteiger charge is -2.29. The summed E-state index contributed by atoms with van der Waals surface area (Å²) >= 11 is 0. The van der Waals surface area contributed by atoms with Crippen LogP contribution in [0.1, 0.15) is 26.7 Å². The fourth-order valence-corrected chi connectivity index (χ4v) is 1.37. The van der Waals surface area contributed by atoms with Gasteiger partial charge in [-0.2, -0.15) is 0 Å². The molecule has 0 radical (unpaired) electrons. The number of halogens is 3. The van der Waals surface area contributed by atoms with E-state index >= 15 is 0 Å². The normalized spacial score (nSPS) is 13.1. The molecule has 98 valence electrons. The molecule has 0 aromatic carbocycles. The number of hydrogen-bond donors (Lipinski definition) is 2. The van der Waals surface area contributed by atoms with Crippen LogP contribution >= 0.6 is 0 Å². The van der Waals surface area contributed by atoms with Crippen molar-refractivity contribution in [1.82, 2.24) is 5.32 Å². The Morgan fingerprint density at radius 2 is 1.75 bits per heavy atom. The van der Waals surface area contributed by atoms with E-state index in [0.29, 0.717) is 6.54 Å². The van der Waals surface area contributed by atoms with Gasteiger partial charge in [-0.05, 0) is 12.8 Å². The average Bonchev–Trinajstić information content (AvgIpc) is 2.23. The molecule has 2 N–H and O–H groups in total. The molecular formula is C10H20F3NO2. The van der Waals surface area contributed by atoms with E-state index in [1.54, 1.807) is 0 Å². The zero-order chi connectivity index (χ0) is 12.7. The summed E-state index contributed by atoms with van der Waals surface area (Å²) in [6.45, 7) is 4.16. The van der Waals surface area contributed by atoms with E-state index in [1.165, 1.54) is 0 Å². The highest BCUT2D eigenvalue weighted by Crippen LogP contribution is 2.24. The Kier molecular flexibility index (Phi) is 6.94. The minimum atomic E-state index is -4.56. The molecule has 16 heavy (non-hydrogen) atoms. The molecule has 0 heterocycles. The Morgan fingerprint density at radius 1 is 1.19 bits per heavy atom. The molecule has 0 amide bonds. The molecule has 0 rings (SSSR count). The topological polar surface area (TPSA) is 41.5 Å². The lowest BCUT2D eigenvalue weighted by Crippen LogP contribution is -2.38.